The van der Waals surface area contributed by atoms with E-state index in [1.807, 2.05) is 13.8 Å². The summed E-state index contributed by atoms with van der Waals surface area (Å²) in [5, 5.41) is 34.8. The number of likely N-dealkylation sites (tertiary alicyclic amines) is 1. The van der Waals surface area contributed by atoms with E-state index >= 15 is 0 Å². The van der Waals surface area contributed by atoms with Crippen LogP contribution in [0, 0.1) is 17.8 Å². The maximum absolute atomic E-state index is 14.2. The van der Waals surface area contributed by atoms with Crippen LogP contribution >= 0.6 is 25.3 Å². The topological polar surface area (TPSA) is 465 Å². The van der Waals surface area contributed by atoms with Gasteiger partial charge in [0.05, 0.1) is 19.1 Å². The van der Waals surface area contributed by atoms with Gasteiger partial charge in [0.25, 0.3) is 0 Å². The van der Waals surface area contributed by atoms with Gasteiger partial charge in [0, 0.05) is 24.6 Å². The molecule has 1 fully saturated rings. The maximum Gasteiger partial charge on any atom is 0.326 e. The highest BCUT2D eigenvalue weighted by molar-refractivity contribution is 7.80. The first-order chi connectivity index (χ1) is 38.4. The van der Waals surface area contributed by atoms with Gasteiger partial charge in [-0.05, 0) is 102 Å². The predicted molar refractivity (Wildman–Crippen MR) is 312 cm³/mol. The van der Waals surface area contributed by atoms with Crippen LogP contribution in [0.3, 0.4) is 0 Å². The Morgan fingerprint density at radius 2 is 1.00 bits per heavy atom. The normalized spacial score (nSPS) is 16.3. The van der Waals surface area contributed by atoms with Crippen LogP contribution in [0.2, 0.25) is 0 Å². The summed E-state index contributed by atoms with van der Waals surface area (Å²) in [5.41, 5.74) is 22.2. The summed E-state index contributed by atoms with van der Waals surface area (Å²) in [6.45, 7) is 13.1. The molecule has 0 unspecified atom stereocenters. The van der Waals surface area contributed by atoms with Crippen LogP contribution in [-0.4, -0.2) is 192 Å². The minimum absolute atomic E-state index is 0.0194. The summed E-state index contributed by atoms with van der Waals surface area (Å²) < 4.78 is 0. The number of amides is 11. The third-order valence-corrected chi connectivity index (χ3v) is 13.4. The van der Waals surface area contributed by atoms with Crippen molar-refractivity contribution in [3.05, 3.63) is 0 Å². The second-order valence-corrected chi connectivity index (χ2v) is 22.2. The number of hydrogen-bond acceptors (Lipinski definition) is 17. The number of nitrogens with two attached hydrogens (primary N) is 4. The van der Waals surface area contributed by atoms with Gasteiger partial charge in [-0.2, -0.15) is 25.3 Å². The summed E-state index contributed by atoms with van der Waals surface area (Å²) in [5.74, 6) is -10.3. The first-order valence-electron chi connectivity index (χ1n) is 27.7. The van der Waals surface area contributed by atoms with Crippen LogP contribution in [-0.2, 0) is 57.5 Å². The van der Waals surface area contributed by atoms with Crippen molar-refractivity contribution in [3.63, 3.8) is 0 Å². The van der Waals surface area contributed by atoms with Crippen LogP contribution in [0.25, 0.3) is 0 Å². The third kappa shape index (κ3) is 28.0. The van der Waals surface area contributed by atoms with Crippen molar-refractivity contribution < 1.29 is 62.6 Å². The van der Waals surface area contributed by atoms with Crippen LogP contribution in [0.15, 0.2) is 4.99 Å². The lowest BCUT2D eigenvalue weighted by atomic mass is 10.0. The molecule has 1 aliphatic heterocycles. The molecule has 0 bridgehead atoms. The summed E-state index contributed by atoms with van der Waals surface area (Å²) in [7, 11) is 0. The fourth-order valence-electron chi connectivity index (χ4n) is 8.38. The van der Waals surface area contributed by atoms with Gasteiger partial charge in [-0.15, -0.1) is 0 Å². The molecule has 1 aliphatic rings. The van der Waals surface area contributed by atoms with E-state index in [4.69, 9.17) is 22.9 Å². The Bertz CT molecular complexity index is 2200. The number of aliphatic imine (C=N–C) groups is 1. The molecule has 0 aromatic rings. The molecule has 0 radical (unpaired) electrons. The second-order valence-electron chi connectivity index (χ2n) is 21.5. The average Bonchev–Trinajstić information content (AvgIpc) is 4.04. The molecule has 19 N–H and O–H groups in total. The second kappa shape index (κ2) is 38.3. The number of aliphatic carboxylic acids is 1. The molecule has 1 saturated heterocycles. The van der Waals surface area contributed by atoms with Gasteiger partial charge in [-0.25, -0.2) is 4.79 Å². The minimum Gasteiger partial charge on any atom is -0.480 e. The zero-order chi connectivity index (χ0) is 62.4. The van der Waals surface area contributed by atoms with Crippen LogP contribution in [0.4, 0.5) is 0 Å². The molecule has 0 aliphatic carbocycles. The van der Waals surface area contributed by atoms with Crippen molar-refractivity contribution in [1.82, 2.24) is 58.1 Å². The quantitative estimate of drug-likeness (QED) is 0.0120. The fourth-order valence-corrected chi connectivity index (χ4v) is 8.90. The number of carboxylic acids is 1. The molecular formula is C51H92N16O13S2. The van der Waals surface area contributed by atoms with Crippen molar-refractivity contribution in [2.45, 2.75) is 180 Å². The van der Waals surface area contributed by atoms with E-state index in [2.05, 4.69) is 83.4 Å². The number of carbonyl (C=O) groups excluding carboxylic acids is 11. The van der Waals surface area contributed by atoms with Gasteiger partial charge in [-0.3, -0.25) is 57.7 Å². The highest BCUT2D eigenvalue weighted by Gasteiger charge is 2.39. The summed E-state index contributed by atoms with van der Waals surface area (Å²) in [4.78, 5) is 164. The fraction of sp³-hybridized carbons (Fsp3) is 0.745. The number of nitrogens with zero attached hydrogens (tertiary/aromatic N) is 2. The lowest BCUT2D eigenvalue weighted by molar-refractivity contribution is -0.142. The molecule has 29 nitrogen and oxygen atoms in total. The van der Waals surface area contributed by atoms with Crippen molar-refractivity contribution >= 4 is 102 Å². The highest BCUT2D eigenvalue weighted by atomic mass is 32.1. The average molecular weight is 1200 g/mol. The summed E-state index contributed by atoms with van der Waals surface area (Å²) >= 11 is 8.51. The van der Waals surface area contributed by atoms with E-state index in [0.717, 1.165) is 0 Å². The number of nitrogens with one attached hydrogen (secondary N) is 10. The first-order valence-corrected chi connectivity index (χ1v) is 28.9. The molecule has 0 spiro atoms. The number of thiol groups is 2. The molecule has 11 amide bonds. The van der Waals surface area contributed by atoms with E-state index in [1.165, 1.54) is 18.7 Å². The van der Waals surface area contributed by atoms with Gasteiger partial charge in [0.2, 0.25) is 65.0 Å². The van der Waals surface area contributed by atoms with Gasteiger partial charge in [0.15, 0.2) is 5.96 Å². The van der Waals surface area contributed by atoms with Crippen LogP contribution < -0.4 is 76.1 Å². The molecule has 31 heteroatoms. The molecule has 1 heterocycles. The molecule has 0 aromatic heterocycles. The van der Waals surface area contributed by atoms with Crippen LogP contribution in [0.5, 0.6) is 0 Å². The first kappa shape index (κ1) is 73.5. The number of unbranched alkanes of at least 4 members (excludes halogenated alkanes) is 1. The molecule has 1 rings (SSSR count). The minimum atomic E-state index is -1.35. The Balaban J connectivity index is 3.20. The van der Waals surface area contributed by atoms with E-state index in [9.17, 15) is 62.6 Å². The third-order valence-electron chi connectivity index (χ3n) is 12.7. The predicted octanol–water partition coefficient (Wildman–Crippen LogP) is -4.28. The van der Waals surface area contributed by atoms with Crippen molar-refractivity contribution in [1.29, 1.82) is 0 Å². The maximum atomic E-state index is 14.2. The monoisotopic (exact) mass is 1200 g/mol. The largest absolute Gasteiger partial charge is 0.480 e. The molecule has 466 valence electrons. The van der Waals surface area contributed by atoms with Gasteiger partial charge in [-0.1, -0.05) is 41.5 Å². The van der Waals surface area contributed by atoms with Crippen molar-refractivity contribution in [2.75, 3.05) is 44.2 Å². The zero-order valence-corrected chi connectivity index (χ0v) is 50.3. The number of carbonyl (C=O) groups is 12. The number of guanidine groups is 1. The smallest absolute Gasteiger partial charge is 0.326 e. The Morgan fingerprint density at radius 3 is 1.48 bits per heavy atom. The number of hydrogen-bond donors (Lipinski definition) is 17. The van der Waals surface area contributed by atoms with Gasteiger partial charge >= 0.3 is 5.97 Å². The summed E-state index contributed by atoms with van der Waals surface area (Å²) in [6, 6.07) is -11.8. The highest BCUT2D eigenvalue weighted by Crippen LogP contribution is 2.20. The van der Waals surface area contributed by atoms with Gasteiger partial charge in [0.1, 0.15) is 54.4 Å². The van der Waals surface area contributed by atoms with E-state index in [1.54, 1.807) is 27.7 Å². The molecule has 0 saturated carbocycles. The van der Waals surface area contributed by atoms with Crippen molar-refractivity contribution in [2.24, 2.45) is 45.7 Å². The van der Waals surface area contributed by atoms with E-state index < -0.39 is 144 Å². The zero-order valence-electron chi connectivity index (χ0n) is 48.5. The molecular weight excluding hydrogens is 1110 g/mol. The van der Waals surface area contributed by atoms with Crippen molar-refractivity contribution in [3.8, 4) is 0 Å². The van der Waals surface area contributed by atoms with Gasteiger partial charge < -0.3 is 86.1 Å². The van der Waals surface area contributed by atoms with E-state index in [-0.39, 0.29) is 93.3 Å². The Morgan fingerprint density at radius 1 is 0.549 bits per heavy atom. The molecule has 10 atom stereocenters. The lowest BCUT2D eigenvalue weighted by Gasteiger charge is -2.30. The molecule has 82 heavy (non-hydrogen) atoms. The number of carboxylic acid groups (broad SMARTS) is 1. The Hall–Kier alpha value is -6.47. The lowest BCUT2D eigenvalue weighted by Crippen LogP contribution is -2.60. The standard InChI is InChI=1S/C51H92N16O13S2/c1-26(2)19-33(42(71)58-22-39(68)57-23-40(69)60-32(50(79)80)13-9-10-16-52)63-47(76)37(25-82)66-45(74)35(21-28(5)6)64-43(72)31(14-11-17-56-51(54)55)61-48(77)38-15-12-18-67(38)49(78)30(8)59-46(75)36(24-81)65-44(73)34(20-27(3)4)62-41(70)29(7)53/h26-38,81-82H,9-25,52-53H2,1-8H3,(H,57,68)(H,58,71)(H,59,75)(H,60,69)(H,61,77)(H,62,70)(H,63,76)(H,64,72)(H,65,73)(H,66,74)(H,79,80)(H4,54,55,56)/t29-,30-,31-,32-,33-,34-,35-,36-,37-,38-/m0/s1. The Kier molecular flexibility index (Phi) is 34.4. The number of rotatable bonds is 38. The van der Waals surface area contributed by atoms with Crippen LogP contribution in [0.1, 0.15) is 120 Å². The Labute approximate surface area is 491 Å². The molecule has 0 aromatic carbocycles. The summed E-state index contributed by atoms with van der Waals surface area (Å²) in [6.07, 6.45) is 2.26. The SMILES string of the molecule is CC(C)C[C@H](NC(=O)[C@H](C)N)C(=O)N[C@@H](CS)C(=O)N[C@@H](C)C(=O)N1CCC[C@H]1C(=O)N[C@@H](CCCN=C(N)N)C(=O)N[C@@H](CC(C)C)C(=O)N[C@@H](CS)C(=O)N[C@@H](CC(C)C)C(=O)NCC(=O)NCC(=O)N[C@@H](CCCCN)C(=O)O. The van der Waals surface area contributed by atoms with E-state index in [0.29, 0.717) is 25.8 Å².